The molecular formula is C30H31NO3. The van der Waals surface area contributed by atoms with E-state index in [2.05, 4.69) is 63.3 Å². The molecule has 2 N–H and O–H groups in total. The summed E-state index contributed by atoms with van der Waals surface area (Å²) in [5.41, 5.74) is 12.8. The molecule has 2 aliphatic rings. The lowest BCUT2D eigenvalue weighted by atomic mass is 9.94. The summed E-state index contributed by atoms with van der Waals surface area (Å²) in [7, 11) is 0. The fourth-order valence-corrected chi connectivity index (χ4v) is 4.43. The molecule has 4 heteroatoms. The molecule has 174 valence electrons. The molecule has 2 aliphatic heterocycles. The van der Waals surface area contributed by atoms with Crippen molar-refractivity contribution in [3.05, 3.63) is 88.5 Å². The number of hydrogen-bond donors (Lipinski definition) is 1. The maximum Gasteiger partial charge on any atom is 0.137 e. The lowest BCUT2D eigenvalue weighted by Crippen LogP contribution is -2.27. The Balaban J connectivity index is 1.47. The first kappa shape index (κ1) is 22.1. The van der Waals surface area contributed by atoms with Crippen LogP contribution < -0.4 is 19.9 Å². The average molecular weight is 454 g/mol. The van der Waals surface area contributed by atoms with Gasteiger partial charge in [0.05, 0.1) is 5.56 Å². The Hall–Kier alpha value is -3.66. The summed E-state index contributed by atoms with van der Waals surface area (Å²) >= 11 is 0. The molecule has 0 saturated heterocycles. The van der Waals surface area contributed by atoms with Gasteiger partial charge in [-0.15, -0.1) is 0 Å². The van der Waals surface area contributed by atoms with E-state index in [4.69, 9.17) is 19.9 Å². The Labute approximate surface area is 201 Å². The van der Waals surface area contributed by atoms with Crippen LogP contribution in [0.3, 0.4) is 0 Å². The van der Waals surface area contributed by atoms with Crippen molar-refractivity contribution in [3.63, 3.8) is 0 Å². The first-order chi connectivity index (χ1) is 16.4. The number of benzene rings is 3. The predicted molar refractivity (Wildman–Crippen MR) is 139 cm³/mol. The van der Waals surface area contributed by atoms with Crippen LogP contribution in [-0.4, -0.2) is 12.2 Å². The van der Waals surface area contributed by atoms with Gasteiger partial charge in [0.15, 0.2) is 0 Å². The summed E-state index contributed by atoms with van der Waals surface area (Å²) < 4.78 is 18.8. The van der Waals surface area contributed by atoms with Crippen molar-refractivity contribution in [1.29, 1.82) is 0 Å². The molecule has 0 amide bonds. The topological polar surface area (TPSA) is 53.7 Å². The standard InChI is InChI=1S/C30H31NO3/c1-4-5-20-8-12-25(28(16-20)32-18-21-6-10-24(31)11-7-21)23-17-22-9-13-27-26(29(22)33-19-23)14-15-30(2,3)34-27/h6-17H,4-5,18-19,31H2,1-3H3. The van der Waals surface area contributed by atoms with Crippen molar-refractivity contribution in [2.75, 3.05) is 12.3 Å². The highest BCUT2D eigenvalue weighted by molar-refractivity contribution is 5.89. The minimum absolute atomic E-state index is 0.312. The van der Waals surface area contributed by atoms with Crippen LogP contribution in [0.4, 0.5) is 5.69 Å². The van der Waals surface area contributed by atoms with Crippen molar-refractivity contribution in [2.24, 2.45) is 0 Å². The van der Waals surface area contributed by atoms with Crippen molar-refractivity contribution >= 4 is 23.4 Å². The Morgan fingerprint density at radius 3 is 2.59 bits per heavy atom. The first-order valence-corrected chi connectivity index (χ1v) is 11.9. The van der Waals surface area contributed by atoms with Crippen molar-refractivity contribution in [3.8, 4) is 17.2 Å². The second kappa shape index (κ2) is 8.94. The van der Waals surface area contributed by atoms with Gasteiger partial charge in [-0.1, -0.05) is 37.6 Å². The Bertz CT molecular complexity index is 1270. The second-order valence-corrected chi connectivity index (χ2v) is 9.50. The first-order valence-electron chi connectivity index (χ1n) is 11.9. The molecule has 3 aromatic carbocycles. The molecule has 0 fully saturated rings. The van der Waals surface area contributed by atoms with E-state index < -0.39 is 0 Å². The van der Waals surface area contributed by atoms with E-state index in [0.29, 0.717) is 13.2 Å². The molecule has 0 aromatic heterocycles. The Kier molecular flexibility index (Phi) is 5.82. The largest absolute Gasteiger partial charge is 0.488 e. The molecule has 4 nitrogen and oxygen atoms in total. The maximum absolute atomic E-state index is 6.34. The summed E-state index contributed by atoms with van der Waals surface area (Å²) in [4.78, 5) is 0. The Morgan fingerprint density at radius 1 is 1.00 bits per heavy atom. The minimum Gasteiger partial charge on any atom is -0.488 e. The van der Waals surface area contributed by atoms with Crippen LogP contribution in [0.2, 0.25) is 0 Å². The third-order valence-corrected chi connectivity index (χ3v) is 6.22. The van der Waals surface area contributed by atoms with E-state index in [-0.39, 0.29) is 5.60 Å². The highest BCUT2D eigenvalue weighted by atomic mass is 16.5. The molecule has 0 saturated carbocycles. The third-order valence-electron chi connectivity index (χ3n) is 6.22. The summed E-state index contributed by atoms with van der Waals surface area (Å²) in [6.45, 7) is 7.26. The van der Waals surface area contributed by atoms with Crippen LogP contribution in [0, 0.1) is 0 Å². The molecule has 2 heterocycles. The van der Waals surface area contributed by atoms with E-state index in [1.807, 2.05) is 30.3 Å². The van der Waals surface area contributed by atoms with Gasteiger partial charge in [-0.3, -0.25) is 0 Å². The molecule has 0 bridgehead atoms. The zero-order chi connectivity index (χ0) is 23.7. The van der Waals surface area contributed by atoms with Crippen LogP contribution in [0.15, 0.2) is 60.7 Å². The Morgan fingerprint density at radius 2 is 1.79 bits per heavy atom. The number of aryl methyl sites for hydroxylation is 1. The van der Waals surface area contributed by atoms with Gasteiger partial charge < -0.3 is 19.9 Å². The number of fused-ring (bicyclic) bond motifs is 3. The van der Waals surface area contributed by atoms with Gasteiger partial charge in [-0.25, -0.2) is 0 Å². The normalized spacial score (nSPS) is 15.4. The fourth-order valence-electron chi connectivity index (χ4n) is 4.43. The van der Waals surface area contributed by atoms with E-state index in [0.717, 1.165) is 63.6 Å². The van der Waals surface area contributed by atoms with Crippen molar-refractivity contribution < 1.29 is 14.2 Å². The monoisotopic (exact) mass is 453 g/mol. The lowest BCUT2D eigenvalue weighted by Gasteiger charge is -2.30. The van der Waals surface area contributed by atoms with Gasteiger partial charge in [0.25, 0.3) is 0 Å². The van der Waals surface area contributed by atoms with Gasteiger partial charge in [0.2, 0.25) is 0 Å². The van der Waals surface area contributed by atoms with Gasteiger partial charge >= 0.3 is 0 Å². The maximum atomic E-state index is 6.34. The van der Waals surface area contributed by atoms with Crippen LogP contribution in [0.1, 0.15) is 55.0 Å². The van der Waals surface area contributed by atoms with Crippen molar-refractivity contribution in [1.82, 2.24) is 0 Å². The van der Waals surface area contributed by atoms with Gasteiger partial charge in [0, 0.05) is 22.4 Å². The quantitative estimate of drug-likeness (QED) is 0.412. The molecule has 0 atom stereocenters. The van der Waals surface area contributed by atoms with E-state index >= 15 is 0 Å². The summed E-state index contributed by atoms with van der Waals surface area (Å²) in [5.74, 6) is 2.61. The second-order valence-electron chi connectivity index (χ2n) is 9.50. The molecule has 0 aliphatic carbocycles. The molecule has 3 aromatic rings. The lowest BCUT2D eigenvalue weighted by molar-refractivity contribution is 0.158. The number of anilines is 1. The van der Waals surface area contributed by atoms with Crippen LogP contribution >= 0.6 is 0 Å². The highest BCUT2D eigenvalue weighted by Crippen LogP contribution is 2.43. The summed E-state index contributed by atoms with van der Waals surface area (Å²) in [5, 5.41) is 0. The van der Waals surface area contributed by atoms with E-state index in [1.165, 1.54) is 5.56 Å². The molecule has 5 rings (SSSR count). The summed E-state index contributed by atoms with van der Waals surface area (Å²) in [6.07, 6.45) is 8.50. The van der Waals surface area contributed by atoms with Crippen LogP contribution in [-0.2, 0) is 13.0 Å². The SMILES string of the molecule is CCCc1ccc(C2=Cc3ccc4c(c3OC2)C=CC(C)(C)O4)c(OCc2ccc(N)cc2)c1. The number of nitrogens with two attached hydrogens (primary N) is 1. The minimum atomic E-state index is -0.312. The van der Waals surface area contributed by atoms with E-state index in [9.17, 15) is 0 Å². The third kappa shape index (κ3) is 4.54. The predicted octanol–water partition coefficient (Wildman–Crippen LogP) is 6.92. The van der Waals surface area contributed by atoms with Gasteiger partial charge in [-0.2, -0.15) is 0 Å². The molecular weight excluding hydrogens is 422 g/mol. The van der Waals surface area contributed by atoms with Crippen molar-refractivity contribution in [2.45, 2.75) is 45.8 Å². The number of ether oxygens (including phenoxy) is 3. The molecule has 0 radical (unpaired) electrons. The zero-order valence-electron chi connectivity index (χ0n) is 20.1. The number of hydrogen-bond acceptors (Lipinski definition) is 4. The smallest absolute Gasteiger partial charge is 0.137 e. The number of nitrogen functional groups attached to an aromatic ring is 1. The molecule has 0 spiro atoms. The molecule has 34 heavy (non-hydrogen) atoms. The van der Waals surface area contributed by atoms with Crippen LogP contribution in [0.25, 0.3) is 17.7 Å². The fraction of sp³-hybridized carbons (Fsp3) is 0.267. The van der Waals surface area contributed by atoms with Gasteiger partial charge in [-0.05, 0) is 80.0 Å². The van der Waals surface area contributed by atoms with E-state index in [1.54, 1.807) is 0 Å². The van der Waals surface area contributed by atoms with Crippen LogP contribution in [0.5, 0.6) is 17.2 Å². The number of rotatable bonds is 6. The zero-order valence-corrected chi connectivity index (χ0v) is 20.1. The molecule has 0 unspecified atom stereocenters. The summed E-state index contributed by atoms with van der Waals surface area (Å²) in [6, 6.07) is 18.4. The van der Waals surface area contributed by atoms with Gasteiger partial charge in [0.1, 0.15) is 36.1 Å². The highest BCUT2D eigenvalue weighted by Gasteiger charge is 2.27. The average Bonchev–Trinajstić information content (AvgIpc) is 2.83.